The number of amides is 1. The van der Waals surface area contributed by atoms with Crippen LogP contribution in [0.3, 0.4) is 0 Å². The molecule has 0 saturated heterocycles. The van der Waals surface area contributed by atoms with Crippen molar-refractivity contribution in [1.29, 1.82) is 0 Å². The number of halogens is 3. The molecule has 10 heteroatoms. The van der Waals surface area contributed by atoms with Crippen LogP contribution in [0.1, 0.15) is 16.7 Å². The predicted molar refractivity (Wildman–Crippen MR) is 118 cm³/mol. The minimum absolute atomic E-state index is 0.0354. The Morgan fingerprint density at radius 2 is 1.74 bits per heavy atom. The summed E-state index contributed by atoms with van der Waals surface area (Å²) in [7, 11) is 0. The molecule has 0 unspecified atom stereocenters. The van der Waals surface area contributed by atoms with Crippen LogP contribution in [0, 0.1) is 0 Å². The molecule has 1 amide bonds. The fraction of sp³-hybridized carbons (Fsp3) is 0.240. The SMILES string of the molecule is O=C(OCc1cccc(OC(F)(F)F)c1)N1COc2ccc(-c3cccc(CC(O)O)c3)cc2C1. The lowest BCUT2D eigenvalue weighted by Crippen LogP contribution is -2.37. The first-order chi connectivity index (χ1) is 16.7. The first-order valence-corrected chi connectivity index (χ1v) is 10.6. The van der Waals surface area contributed by atoms with Gasteiger partial charge in [-0.2, -0.15) is 0 Å². The molecule has 0 aromatic heterocycles. The van der Waals surface area contributed by atoms with Crippen molar-refractivity contribution in [2.45, 2.75) is 32.2 Å². The second kappa shape index (κ2) is 10.2. The van der Waals surface area contributed by atoms with E-state index in [1.54, 1.807) is 12.1 Å². The summed E-state index contributed by atoms with van der Waals surface area (Å²) in [5.74, 6) is 0.225. The van der Waals surface area contributed by atoms with Crippen molar-refractivity contribution in [3.8, 4) is 22.6 Å². The van der Waals surface area contributed by atoms with E-state index in [0.717, 1.165) is 34.4 Å². The van der Waals surface area contributed by atoms with E-state index in [9.17, 15) is 28.2 Å². The van der Waals surface area contributed by atoms with E-state index in [4.69, 9.17) is 9.47 Å². The van der Waals surface area contributed by atoms with Crippen LogP contribution in [-0.4, -0.2) is 40.6 Å². The average Bonchev–Trinajstić information content (AvgIpc) is 2.81. The Labute approximate surface area is 198 Å². The molecule has 0 saturated carbocycles. The molecule has 7 nitrogen and oxygen atoms in total. The fourth-order valence-electron chi connectivity index (χ4n) is 3.70. The molecule has 1 aliphatic rings. The predicted octanol–water partition coefficient (Wildman–Crippen LogP) is 4.59. The van der Waals surface area contributed by atoms with Crippen molar-refractivity contribution in [2.24, 2.45) is 0 Å². The number of carbonyl (C=O) groups excluding carboxylic acids is 1. The van der Waals surface area contributed by atoms with Crippen molar-refractivity contribution in [3.63, 3.8) is 0 Å². The van der Waals surface area contributed by atoms with E-state index in [1.165, 1.54) is 17.0 Å². The van der Waals surface area contributed by atoms with Gasteiger partial charge in [0.25, 0.3) is 0 Å². The number of alkyl halides is 3. The van der Waals surface area contributed by atoms with Crippen LogP contribution in [0.15, 0.2) is 66.7 Å². The van der Waals surface area contributed by atoms with E-state index >= 15 is 0 Å². The first kappa shape index (κ1) is 24.4. The van der Waals surface area contributed by atoms with Crippen LogP contribution >= 0.6 is 0 Å². The molecule has 0 spiro atoms. The molecule has 3 aromatic rings. The van der Waals surface area contributed by atoms with Crippen molar-refractivity contribution < 1.29 is 42.4 Å². The zero-order valence-electron chi connectivity index (χ0n) is 18.4. The smallest absolute Gasteiger partial charge is 0.473 e. The summed E-state index contributed by atoms with van der Waals surface area (Å²) in [6, 6.07) is 18.1. The minimum Gasteiger partial charge on any atom is -0.473 e. The summed E-state index contributed by atoms with van der Waals surface area (Å²) in [6.45, 7) is -0.0542. The van der Waals surface area contributed by atoms with Crippen molar-refractivity contribution >= 4 is 6.09 Å². The maximum Gasteiger partial charge on any atom is 0.573 e. The van der Waals surface area contributed by atoms with Gasteiger partial charge in [-0.3, -0.25) is 4.90 Å². The summed E-state index contributed by atoms with van der Waals surface area (Å²) in [4.78, 5) is 13.9. The number of fused-ring (bicyclic) bond motifs is 1. The van der Waals surface area contributed by atoms with Gasteiger partial charge in [0.05, 0.1) is 6.54 Å². The maximum absolute atomic E-state index is 12.6. The molecule has 2 N–H and O–H groups in total. The van der Waals surface area contributed by atoms with Crippen LogP contribution in [0.25, 0.3) is 11.1 Å². The highest BCUT2D eigenvalue weighted by molar-refractivity contribution is 5.70. The molecule has 0 radical (unpaired) electrons. The summed E-state index contributed by atoms with van der Waals surface area (Å²) in [6.07, 6.45) is -6.83. The van der Waals surface area contributed by atoms with E-state index in [1.807, 2.05) is 30.3 Å². The van der Waals surface area contributed by atoms with Gasteiger partial charge in [0, 0.05) is 12.0 Å². The number of aliphatic hydroxyl groups excluding tert-OH is 1. The number of rotatable bonds is 6. The Kier molecular flexibility index (Phi) is 7.13. The Morgan fingerprint density at radius 1 is 1.00 bits per heavy atom. The third-order valence-corrected chi connectivity index (χ3v) is 5.23. The van der Waals surface area contributed by atoms with Gasteiger partial charge < -0.3 is 24.4 Å². The van der Waals surface area contributed by atoms with Crippen LogP contribution in [-0.2, 0) is 24.3 Å². The number of nitrogens with zero attached hydrogens (tertiary/aromatic N) is 1. The molecule has 184 valence electrons. The molecule has 1 heterocycles. The van der Waals surface area contributed by atoms with Gasteiger partial charge in [-0.1, -0.05) is 42.5 Å². The first-order valence-electron chi connectivity index (χ1n) is 10.6. The van der Waals surface area contributed by atoms with E-state index in [-0.39, 0.29) is 26.3 Å². The van der Waals surface area contributed by atoms with Gasteiger partial charge in [-0.15, -0.1) is 13.2 Å². The number of carbonyl (C=O) groups is 1. The highest BCUT2D eigenvalue weighted by atomic mass is 19.4. The molecule has 0 atom stereocenters. The molecular weight excluding hydrogens is 467 g/mol. The van der Waals surface area contributed by atoms with Crippen molar-refractivity contribution in [1.82, 2.24) is 4.90 Å². The third kappa shape index (κ3) is 6.65. The third-order valence-electron chi connectivity index (χ3n) is 5.23. The second-order valence-corrected chi connectivity index (χ2v) is 7.93. The molecule has 35 heavy (non-hydrogen) atoms. The van der Waals surface area contributed by atoms with Gasteiger partial charge in [-0.05, 0) is 46.5 Å². The Balaban J connectivity index is 1.41. The zero-order valence-corrected chi connectivity index (χ0v) is 18.4. The maximum atomic E-state index is 12.6. The number of ether oxygens (including phenoxy) is 3. The largest absolute Gasteiger partial charge is 0.573 e. The second-order valence-electron chi connectivity index (χ2n) is 7.93. The summed E-state index contributed by atoms with van der Waals surface area (Å²) < 4.78 is 52.0. The molecule has 0 fully saturated rings. The van der Waals surface area contributed by atoms with E-state index < -0.39 is 24.5 Å². The Hall–Kier alpha value is -3.76. The van der Waals surface area contributed by atoms with Crippen LogP contribution < -0.4 is 9.47 Å². The lowest BCUT2D eigenvalue weighted by Gasteiger charge is -2.28. The number of benzene rings is 3. The summed E-state index contributed by atoms with van der Waals surface area (Å²) >= 11 is 0. The van der Waals surface area contributed by atoms with Gasteiger partial charge in [0.2, 0.25) is 0 Å². The molecule has 0 bridgehead atoms. The van der Waals surface area contributed by atoms with Gasteiger partial charge in [-0.25, -0.2) is 4.79 Å². The van der Waals surface area contributed by atoms with Gasteiger partial charge in [0.15, 0.2) is 13.0 Å². The van der Waals surface area contributed by atoms with Crippen LogP contribution in [0.4, 0.5) is 18.0 Å². The van der Waals surface area contributed by atoms with Gasteiger partial charge in [0.1, 0.15) is 18.1 Å². The number of hydrogen-bond acceptors (Lipinski definition) is 6. The van der Waals surface area contributed by atoms with Crippen molar-refractivity contribution in [2.75, 3.05) is 6.73 Å². The quantitative estimate of drug-likeness (QED) is 0.493. The summed E-state index contributed by atoms with van der Waals surface area (Å²) in [5, 5.41) is 18.4. The highest BCUT2D eigenvalue weighted by Crippen LogP contribution is 2.31. The number of aliphatic hydroxyl groups is 2. The van der Waals surface area contributed by atoms with Gasteiger partial charge >= 0.3 is 12.5 Å². The Morgan fingerprint density at radius 3 is 2.51 bits per heavy atom. The molecule has 3 aromatic carbocycles. The average molecular weight is 489 g/mol. The molecule has 4 rings (SSSR count). The molecule has 0 aliphatic carbocycles. The molecule has 1 aliphatic heterocycles. The van der Waals surface area contributed by atoms with E-state index in [0.29, 0.717) is 11.3 Å². The number of hydrogen-bond donors (Lipinski definition) is 2. The topological polar surface area (TPSA) is 88.5 Å². The lowest BCUT2D eigenvalue weighted by atomic mass is 9.99. The summed E-state index contributed by atoms with van der Waals surface area (Å²) in [5.41, 5.74) is 3.58. The normalized spacial score (nSPS) is 13.3. The standard InChI is InChI=1S/C25H22F3NO6/c26-25(27,28)35-21-6-2-4-17(10-21)14-33-24(32)29-13-20-12-19(7-8-22(20)34-15-29)18-5-1-3-16(9-18)11-23(30)31/h1-10,12,23,30-31H,11,13-15H2. The highest BCUT2D eigenvalue weighted by Gasteiger charge is 2.31. The van der Waals surface area contributed by atoms with E-state index in [2.05, 4.69) is 4.74 Å². The minimum atomic E-state index is -4.81. The van der Waals surface area contributed by atoms with Crippen molar-refractivity contribution in [3.05, 3.63) is 83.4 Å². The van der Waals surface area contributed by atoms with Crippen LogP contribution in [0.2, 0.25) is 0 Å². The molecular formula is C25H22F3NO6. The monoisotopic (exact) mass is 489 g/mol. The lowest BCUT2D eigenvalue weighted by molar-refractivity contribution is -0.274. The zero-order chi connectivity index (χ0) is 25.0. The Bertz CT molecular complexity index is 1200. The fourth-order valence-corrected chi connectivity index (χ4v) is 3.70. The van der Waals surface area contributed by atoms with Crippen LogP contribution in [0.5, 0.6) is 11.5 Å².